The molecule has 1 unspecified atom stereocenters. The highest BCUT2D eigenvalue weighted by Crippen LogP contribution is 2.29. The van der Waals surface area contributed by atoms with E-state index in [1.807, 2.05) is 36.4 Å². The first kappa shape index (κ1) is 13.8. The Morgan fingerprint density at radius 2 is 1.89 bits per heavy atom. The first-order chi connectivity index (χ1) is 9.08. The molecule has 5 heteroatoms. The molecule has 2 rings (SSSR count). The van der Waals surface area contributed by atoms with E-state index >= 15 is 0 Å². The molecule has 4 nitrogen and oxygen atoms in total. The van der Waals surface area contributed by atoms with Crippen molar-refractivity contribution in [3.8, 4) is 0 Å². The quantitative estimate of drug-likeness (QED) is 0.791. The zero-order valence-electron chi connectivity index (χ0n) is 10.1. The summed E-state index contributed by atoms with van der Waals surface area (Å²) in [5, 5.41) is 23.3. The van der Waals surface area contributed by atoms with Crippen molar-refractivity contribution in [1.82, 2.24) is 0 Å². The molecule has 2 aromatic carbocycles. The summed E-state index contributed by atoms with van der Waals surface area (Å²) in [6, 6.07) is 11.7. The monoisotopic (exact) mass is 323 g/mol. The molecule has 3 N–H and O–H groups in total. The summed E-state index contributed by atoms with van der Waals surface area (Å²) in [4.78, 5) is 10.5. The van der Waals surface area contributed by atoms with Crippen LogP contribution in [0.1, 0.15) is 6.42 Å². The summed E-state index contributed by atoms with van der Waals surface area (Å²) in [5.74, 6) is -1.00. The minimum absolute atomic E-state index is 0.206. The summed E-state index contributed by atoms with van der Waals surface area (Å²) in [7, 11) is 0. The molecule has 1 atom stereocenters. The van der Waals surface area contributed by atoms with E-state index in [2.05, 4.69) is 21.2 Å². The number of aliphatic carboxylic acids is 1. The number of carbonyl (C=O) groups is 1. The van der Waals surface area contributed by atoms with Crippen LogP contribution in [0.15, 0.2) is 40.9 Å². The Balaban J connectivity index is 2.17. The molecule has 0 heterocycles. The van der Waals surface area contributed by atoms with Crippen molar-refractivity contribution in [2.75, 3.05) is 11.9 Å². The highest BCUT2D eigenvalue weighted by molar-refractivity contribution is 9.10. The molecule has 0 aromatic heterocycles. The first-order valence-corrected chi connectivity index (χ1v) is 6.68. The van der Waals surface area contributed by atoms with Gasteiger partial charge in [0.05, 0.1) is 12.5 Å². The number of nitrogens with one attached hydrogen (secondary N) is 1. The topological polar surface area (TPSA) is 69.6 Å². The number of aliphatic hydroxyl groups excluding tert-OH is 1. The van der Waals surface area contributed by atoms with Gasteiger partial charge in [-0.2, -0.15) is 0 Å². The molecule has 0 amide bonds. The Morgan fingerprint density at radius 3 is 2.58 bits per heavy atom. The Hall–Kier alpha value is -1.59. The van der Waals surface area contributed by atoms with Gasteiger partial charge in [0.15, 0.2) is 0 Å². The van der Waals surface area contributed by atoms with Crippen LogP contribution in [-0.4, -0.2) is 28.8 Å². The Kier molecular flexibility index (Phi) is 4.39. The zero-order valence-corrected chi connectivity index (χ0v) is 11.7. The average Bonchev–Trinajstić information content (AvgIpc) is 2.37. The maximum absolute atomic E-state index is 10.5. The maximum atomic E-state index is 10.5. The summed E-state index contributed by atoms with van der Waals surface area (Å²) < 4.78 is 1.000. The van der Waals surface area contributed by atoms with Gasteiger partial charge in [-0.1, -0.05) is 40.2 Å². The van der Waals surface area contributed by atoms with E-state index in [-0.39, 0.29) is 13.0 Å². The van der Waals surface area contributed by atoms with E-state index in [1.165, 1.54) is 0 Å². The molecule has 0 saturated heterocycles. The molecule has 100 valence electrons. The summed E-state index contributed by atoms with van der Waals surface area (Å²) in [6.07, 6.45) is -1.17. The van der Waals surface area contributed by atoms with Gasteiger partial charge in [-0.3, -0.25) is 4.79 Å². The van der Waals surface area contributed by atoms with Gasteiger partial charge in [-0.25, -0.2) is 0 Å². The Bertz CT molecular complexity index is 600. The number of halogens is 1. The fourth-order valence-electron chi connectivity index (χ4n) is 1.92. The predicted octanol–water partition coefficient (Wildman–Crippen LogP) is 2.85. The van der Waals surface area contributed by atoms with Crippen LogP contribution in [-0.2, 0) is 4.79 Å². The third kappa shape index (κ3) is 3.45. The highest BCUT2D eigenvalue weighted by Gasteiger charge is 2.10. The number of carboxylic acid groups (broad SMARTS) is 1. The van der Waals surface area contributed by atoms with Crippen molar-refractivity contribution in [2.24, 2.45) is 0 Å². The van der Waals surface area contributed by atoms with Gasteiger partial charge in [0.2, 0.25) is 0 Å². The third-order valence-electron chi connectivity index (χ3n) is 2.81. The van der Waals surface area contributed by atoms with Crippen molar-refractivity contribution in [2.45, 2.75) is 12.5 Å². The molecule has 0 aliphatic rings. The smallest absolute Gasteiger partial charge is 0.306 e. The van der Waals surface area contributed by atoms with E-state index in [0.29, 0.717) is 0 Å². The van der Waals surface area contributed by atoms with Gasteiger partial charge < -0.3 is 15.5 Å². The Labute approximate surface area is 119 Å². The fourth-order valence-corrected chi connectivity index (χ4v) is 2.40. The van der Waals surface area contributed by atoms with Crippen LogP contribution in [0.25, 0.3) is 10.8 Å². The van der Waals surface area contributed by atoms with Crippen LogP contribution in [0.5, 0.6) is 0 Å². The predicted molar refractivity (Wildman–Crippen MR) is 78.4 cm³/mol. The number of aliphatic hydroxyl groups is 1. The number of rotatable bonds is 5. The first-order valence-electron chi connectivity index (χ1n) is 5.89. The van der Waals surface area contributed by atoms with Crippen LogP contribution in [0.2, 0.25) is 0 Å². The van der Waals surface area contributed by atoms with Crippen LogP contribution in [0, 0.1) is 0 Å². The van der Waals surface area contributed by atoms with E-state index in [4.69, 9.17) is 5.11 Å². The van der Waals surface area contributed by atoms with Gasteiger partial charge in [-0.05, 0) is 17.5 Å². The SMILES string of the molecule is O=C(O)CC(O)CNc1ccc(Br)c2ccccc12. The lowest BCUT2D eigenvalue weighted by atomic mass is 10.1. The number of fused-ring (bicyclic) bond motifs is 1. The second-order valence-corrected chi connectivity index (χ2v) is 5.13. The fraction of sp³-hybridized carbons (Fsp3) is 0.214. The van der Waals surface area contributed by atoms with Crippen molar-refractivity contribution < 1.29 is 15.0 Å². The van der Waals surface area contributed by atoms with Crippen molar-refractivity contribution in [3.63, 3.8) is 0 Å². The summed E-state index contributed by atoms with van der Waals surface area (Å²) in [6.45, 7) is 0.206. The largest absolute Gasteiger partial charge is 0.481 e. The molecular weight excluding hydrogens is 310 g/mol. The average molecular weight is 324 g/mol. The molecular formula is C14H14BrNO3. The minimum atomic E-state index is -1.00. The lowest BCUT2D eigenvalue weighted by Crippen LogP contribution is -2.22. The molecule has 0 aliphatic carbocycles. The standard InChI is InChI=1S/C14H14BrNO3/c15-12-5-6-13(11-4-2-1-3-10(11)12)16-8-9(17)7-14(18)19/h1-6,9,16-17H,7-8H2,(H,18,19). The van der Waals surface area contributed by atoms with Crippen molar-refractivity contribution in [1.29, 1.82) is 0 Å². The van der Waals surface area contributed by atoms with Gasteiger partial charge in [0.1, 0.15) is 0 Å². The summed E-state index contributed by atoms with van der Waals surface area (Å²) >= 11 is 3.49. The van der Waals surface area contributed by atoms with Crippen molar-refractivity contribution in [3.05, 3.63) is 40.9 Å². The van der Waals surface area contributed by atoms with Gasteiger partial charge in [0, 0.05) is 22.1 Å². The molecule has 0 saturated carbocycles. The van der Waals surface area contributed by atoms with Crippen LogP contribution in [0.4, 0.5) is 5.69 Å². The van der Waals surface area contributed by atoms with E-state index < -0.39 is 12.1 Å². The Morgan fingerprint density at radius 1 is 1.21 bits per heavy atom. The lowest BCUT2D eigenvalue weighted by molar-refractivity contribution is -0.138. The molecule has 0 spiro atoms. The molecule has 2 aromatic rings. The van der Waals surface area contributed by atoms with Gasteiger partial charge in [-0.15, -0.1) is 0 Å². The second kappa shape index (κ2) is 6.04. The molecule has 0 radical (unpaired) electrons. The number of benzene rings is 2. The molecule has 19 heavy (non-hydrogen) atoms. The van der Waals surface area contributed by atoms with E-state index in [1.54, 1.807) is 0 Å². The van der Waals surface area contributed by atoms with Gasteiger partial charge >= 0.3 is 5.97 Å². The van der Waals surface area contributed by atoms with E-state index in [0.717, 1.165) is 20.9 Å². The summed E-state index contributed by atoms with van der Waals surface area (Å²) in [5.41, 5.74) is 0.878. The zero-order chi connectivity index (χ0) is 13.8. The number of hydrogen-bond acceptors (Lipinski definition) is 3. The number of carboxylic acids is 1. The highest BCUT2D eigenvalue weighted by atomic mass is 79.9. The van der Waals surface area contributed by atoms with E-state index in [9.17, 15) is 9.90 Å². The maximum Gasteiger partial charge on any atom is 0.306 e. The van der Waals surface area contributed by atoms with Crippen LogP contribution in [0.3, 0.4) is 0 Å². The number of anilines is 1. The third-order valence-corrected chi connectivity index (χ3v) is 3.50. The normalized spacial score (nSPS) is 12.3. The molecule has 0 fully saturated rings. The van der Waals surface area contributed by atoms with Crippen LogP contribution >= 0.6 is 15.9 Å². The molecule has 0 bridgehead atoms. The minimum Gasteiger partial charge on any atom is -0.481 e. The second-order valence-electron chi connectivity index (χ2n) is 4.27. The molecule has 0 aliphatic heterocycles. The number of hydrogen-bond donors (Lipinski definition) is 3. The van der Waals surface area contributed by atoms with Crippen molar-refractivity contribution >= 4 is 38.4 Å². The van der Waals surface area contributed by atoms with Gasteiger partial charge in [0.25, 0.3) is 0 Å². The lowest BCUT2D eigenvalue weighted by Gasteiger charge is -2.13. The van der Waals surface area contributed by atoms with Crippen LogP contribution < -0.4 is 5.32 Å².